The molecule has 2 amide bonds. The number of benzene rings is 2. The average molecular weight is 483 g/mol. The highest BCUT2D eigenvalue weighted by atomic mass is 35.5. The largest absolute Gasteiger partial charge is 0.336 e. The summed E-state index contributed by atoms with van der Waals surface area (Å²) in [5, 5.41) is 6.93. The fourth-order valence-corrected chi connectivity index (χ4v) is 5.20. The number of aromatic nitrogens is 2. The first-order valence-electron chi connectivity index (χ1n) is 9.71. The number of hydrogen-bond donors (Lipinski definition) is 1. The summed E-state index contributed by atoms with van der Waals surface area (Å²) in [6.45, 7) is -0.0719. The number of thioether (sulfide) groups is 1. The van der Waals surface area contributed by atoms with E-state index >= 15 is 0 Å². The maximum atomic E-state index is 12.7. The number of para-hydroxylation sites is 1. The van der Waals surface area contributed by atoms with E-state index in [1.165, 1.54) is 23.0 Å². The van der Waals surface area contributed by atoms with Crippen LogP contribution < -0.4 is 5.32 Å². The number of amides is 2. The van der Waals surface area contributed by atoms with Crippen molar-refractivity contribution in [3.05, 3.63) is 71.3 Å². The van der Waals surface area contributed by atoms with Crippen LogP contribution in [0.1, 0.15) is 0 Å². The molecule has 2 aromatic heterocycles. The van der Waals surface area contributed by atoms with Crippen molar-refractivity contribution in [2.24, 2.45) is 0 Å². The van der Waals surface area contributed by atoms with Crippen LogP contribution in [0.5, 0.6) is 0 Å². The van der Waals surface area contributed by atoms with Gasteiger partial charge in [0.25, 0.3) is 0 Å². The Morgan fingerprint density at radius 2 is 1.84 bits per heavy atom. The lowest BCUT2D eigenvalue weighted by Crippen LogP contribution is -2.36. The SMILES string of the molecule is CN(CC(=O)Nc1ccccc1Cl)C(=O)CSc1ncnc2scc(-c3ccccc3)c12. The van der Waals surface area contributed by atoms with Crippen molar-refractivity contribution >= 4 is 62.4 Å². The van der Waals surface area contributed by atoms with Crippen LogP contribution in [0.2, 0.25) is 5.02 Å². The Balaban J connectivity index is 1.42. The molecular weight excluding hydrogens is 464 g/mol. The number of anilines is 1. The van der Waals surface area contributed by atoms with E-state index in [1.54, 1.807) is 42.6 Å². The van der Waals surface area contributed by atoms with Crippen LogP contribution in [0.25, 0.3) is 21.3 Å². The molecule has 4 aromatic rings. The van der Waals surface area contributed by atoms with Gasteiger partial charge in [0.2, 0.25) is 11.8 Å². The number of hydrogen-bond acceptors (Lipinski definition) is 6. The molecule has 0 fully saturated rings. The van der Waals surface area contributed by atoms with Gasteiger partial charge >= 0.3 is 0 Å². The predicted octanol–water partition coefficient (Wildman–Crippen LogP) is 5.20. The van der Waals surface area contributed by atoms with Crippen LogP contribution in [-0.2, 0) is 9.59 Å². The summed E-state index contributed by atoms with van der Waals surface area (Å²) < 4.78 is 0. The zero-order chi connectivity index (χ0) is 22.5. The van der Waals surface area contributed by atoms with Gasteiger partial charge in [0.1, 0.15) is 16.2 Å². The van der Waals surface area contributed by atoms with Gasteiger partial charge in [0.05, 0.1) is 28.4 Å². The van der Waals surface area contributed by atoms with Crippen LogP contribution in [0.3, 0.4) is 0 Å². The topological polar surface area (TPSA) is 75.2 Å². The highest BCUT2D eigenvalue weighted by molar-refractivity contribution is 8.00. The minimum absolute atomic E-state index is 0.0719. The monoisotopic (exact) mass is 482 g/mol. The van der Waals surface area contributed by atoms with Crippen molar-refractivity contribution in [1.82, 2.24) is 14.9 Å². The highest BCUT2D eigenvalue weighted by Gasteiger charge is 2.17. The Morgan fingerprint density at radius 3 is 2.62 bits per heavy atom. The fourth-order valence-electron chi connectivity index (χ4n) is 3.08. The molecule has 2 aromatic carbocycles. The third-order valence-electron chi connectivity index (χ3n) is 4.71. The summed E-state index contributed by atoms with van der Waals surface area (Å²) in [5.41, 5.74) is 2.65. The average Bonchev–Trinajstić information content (AvgIpc) is 3.24. The Morgan fingerprint density at radius 1 is 1.09 bits per heavy atom. The first-order valence-corrected chi connectivity index (χ1v) is 12.0. The molecule has 32 heavy (non-hydrogen) atoms. The smallest absolute Gasteiger partial charge is 0.244 e. The maximum Gasteiger partial charge on any atom is 0.244 e. The van der Waals surface area contributed by atoms with Crippen molar-refractivity contribution < 1.29 is 9.59 Å². The Hall–Kier alpha value is -2.94. The van der Waals surface area contributed by atoms with E-state index in [2.05, 4.69) is 20.7 Å². The first-order chi connectivity index (χ1) is 15.5. The molecule has 0 bridgehead atoms. The fraction of sp³-hybridized carbons (Fsp3) is 0.130. The van der Waals surface area contributed by atoms with Gasteiger partial charge in [-0.3, -0.25) is 9.59 Å². The summed E-state index contributed by atoms with van der Waals surface area (Å²) in [4.78, 5) is 36.0. The molecule has 2 heterocycles. The van der Waals surface area contributed by atoms with Gasteiger partial charge in [-0.15, -0.1) is 11.3 Å². The molecular formula is C23H19ClN4O2S2. The molecule has 0 aliphatic carbocycles. The van der Waals surface area contributed by atoms with Gasteiger partial charge in [0, 0.05) is 18.0 Å². The molecule has 0 unspecified atom stereocenters. The van der Waals surface area contributed by atoms with Gasteiger partial charge < -0.3 is 10.2 Å². The number of thiophene rings is 1. The summed E-state index contributed by atoms with van der Waals surface area (Å²) in [6.07, 6.45) is 1.52. The maximum absolute atomic E-state index is 12.7. The van der Waals surface area contributed by atoms with E-state index in [0.29, 0.717) is 10.7 Å². The predicted molar refractivity (Wildman–Crippen MR) is 131 cm³/mol. The van der Waals surface area contributed by atoms with Crippen molar-refractivity contribution in [3.63, 3.8) is 0 Å². The standard InChI is InChI=1S/C23H19ClN4O2S2/c1-28(11-19(29)27-18-10-6-5-9-17(18)24)20(30)13-32-23-21-16(15-7-3-2-4-8-15)12-31-22(21)25-14-26-23/h2-10,12,14H,11,13H2,1H3,(H,27,29). The molecule has 0 aliphatic heterocycles. The number of carbonyl (C=O) groups excluding carboxylic acids is 2. The third kappa shape index (κ3) is 5.09. The van der Waals surface area contributed by atoms with Crippen LogP contribution in [0.4, 0.5) is 5.69 Å². The second-order valence-corrected chi connectivity index (χ2v) is 9.17. The highest BCUT2D eigenvalue weighted by Crippen LogP contribution is 2.37. The summed E-state index contributed by atoms with van der Waals surface area (Å²) in [6, 6.07) is 17.0. The Labute approximate surface area is 198 Å². The molecule has 1 N–H and O–H groups in total. The number of rotatable bonds is 7. The van der Waals surface area contributed by atoms with Gasteiger partial charge in [-0.1, -0.05) is 65.8 Å². The van der Waals surface area contributed by atoms with Crippen molar-refractivity contribution in [2.45, 2.75) is 5.03 Å². The summed E-state index contributed by atoms with van der Waals surface area (Å²) in [5.74, 6) is -0.327. The Kier molecular flexibility index (Phi) is 7.04. The lowest BCUT2D eigenvalue weighted by molar-refractivity contribution is -0.131. The molecule has 0 aliphatic rings. The molecule has 0 radical (unpaired) electrons. The molecule has 4 rings (SSSR count). The molecule has 0 spiro atoms. The lowest BCUT2D eigenvalue weighted by atomic mass is 10.1. The molecule has 9 heteroatoms. The third-order valence-corrected chi connectivity index (χ3v) is 6.90. The van der Waals surface area contributed by atoms with Crippen LogP contribution in [0.15, 0.2) is 71.3 Å². The zero-order valence-electron chi connectivity index (χ0n) is 17.1. The second-order valence-electron chi connectivity index (χ2n) is 6.94. The summed E-state index contributed by atoms with van der Waals surface area (Å²) >= 11 is 8.97. The van der Waals surface area contributed by atoms with Crippen molar-refractivity contribution in [1.29, 1.82) is 0 Å². The minimum atomic E-state index is -0.312. The van der Waals surface area contributed by atoms with E-state index in [0.717, 1.165) is 26.4 Å². The van der Waals surface area contributed by atoms with E-state index in [1.807, 2.05) is 30.3 Å². The number of nitrogens with zero attached hydrogens (tertiary/aromatic N) is 3. The number of likely N-dealkylation sites (N-methyl/N-ethyl adjacent to an activating group) is 1. The molecule has 162 valence electrons. The van der Waals surface area contributed by atoms with Crippen molar-refractivity contribution in [2.75, 3.05) is 24.7 Å². The van der Waals surface area contributed by atoms with Crippen LogP contribution in [0, 0.1) is 0 Å². The van der Waals surface area contributed by atoms with E-state index in [9.17, 15) is 9.59 Å². The first kappa shape index (κ1) is 22.3. The Bertz CT molecular complexity index is 1260. The molecule has 0 saturated carbocycles. The quantitative estimate of drug-likeness (QED) is 0.289. The van der Waals surface area contributed by atoms with Gasteiger partial charge in [-0.05, 0) is 17.7 Å². The lowest BCUT2D eigenvalue weighted by Gasteiger charge is -2.17. The number of fused-ring (bicyclic) bond motifs is 1. The zero-order valence-corrected chi connectivity index (χ0v) is 19.5. The van der Waals surface area contributed by atoms with Crippen molar-refractivity contribution in [3.8, 4) is 11.1 Å². The number of carbonyl (C=O) groups is 2. The van der Waals surface area contributed by atoms with E-state index in [4.69, 9.17) is 11.6 Å². The van der Waals surface area contributed by atoms with E-state index < -0.39 is 0 Å². The number of nitrogens with one attached hydrogen (secondary N) is 1. The van der Waals surface area contributed by atoms with Gasteiger partial charge in [-0.25, -0.2) is 9.97 Å². The normalized spacial score (nSPS) is 10.8. The van der Waals surface area contributed by atoms with Gasteiger partial charge in [-0.2, -0.15) is 0 Å². The molecule has 0 saturated heterocycles. The number of halogens is 1. The second kappa shape index (κ2) is 10.1. The van der Waals surface area contributed by atoms with E-state index in [-0.39, 0.29) is 24.1 Å². The minimum Gasteiger partial charge on any atom is -0.336 e. The van der Waals surface area contributed by atoms with Crippen LogP contribution >= 0.6 is 34.7 Å². The molecule has 0 atom stereocenters. The van der Waals surface area contributed by atoms with Gasteiger partial charge in [0.15, 0.2) is 0 Å². The summed E-state index contributed by atoms with van der Waals surface area (Å²) in [7, 11) is 1.60. The van der Waals surface area contributed by atoms with Crippen LogP contribution in [-0.4, -0.2) is 46.0 Å². The molecule has 6 nitrogen and oxygen atoms in total.